The van der Waals surface area contributed by atoms with Crippen molar-refractivity contribution in [2.75, 3.05) is 0 Å². The summed E-state index contributed by atoms with van der Waals surface area (Å²) < 4.78 is 1.58. The van der Waals surface area contributed by atoms with Crippen molar-refractivity contribution >= 4 is 11.8 Å². The Hall–Kier alpha value is -2.27. The van der Waals surface area contributed by atoms with Crippen LogP contribution in [0.25, 0.3) is 5.69 Å². The van der Waals surface area contributed by atoms with Gasteiger partial charge in [-0.05, 0) is 49.2 Å². The Morgan fingerprint density at radius 1 is 1.14 bits per heavy atom. The second kappa shape index (κ2) is 6.23. The van der Waals surface area contributed by atoms with E-state index in [0.717, 1.165) is 16.4 Å². The number of hydrogen-bond acceptors (Lipinski definition) is 3. The van der Waals surface area contributed by atoms with Crippen LogP contribution in [-0.2, 0) is 5.75 Å². The number of pyridine rings is 1. The third-order valence-electron chi connectivity index (χ3n) is 3.54. The van der Waals surface area contributed by atoms with Gasteiger partial charge in [0.25, 0.3) is 5.56 Å². The highest BCUT2D eigenvalue weighted by atomic mass is 32.2. The minimum atomic E-state index is -0.0418. The van der Waals surface area contributed by atoms with E-state index in [1.54, 1.807) is 28.7 Å². The van der Waals surface area contributed by atoms with Gasteiger partial charge in [0, 0.05) is 23.7 Å². The van der Waals surface area contributed by atoms with E-state index in [9.17, 15) is 4.79 Å². The lowest BCUT2D eigenvalue weighted by Gasteiger charge is -2.05. The zero-order valence-corrected chi connectivity index (χ0v) is 13.4. The van der Waals surface area contributed by atoms with Crippen molar-refractivity contribution in [3.63, 3.8) is 0 Å². The average Bonchev–Trinajstić information content (AvgIpc) is 2.90. The Kier molecular flexibility index (Phi) is 4.15. The molecule has 0 fully saturated rings. The fourth-order valence-electron chi connectivity index (χ4n) is 2.16. The van der Waals surface area contributed by atoms with Gasteiger partial charge in [0.05, 0.1) is 10.7 Å². The van der Waals surface area contributed by atoms with Crippen LogP contribution in [0.5, 0.6) is 0 Å². The first kappa shape index (κ1) is 14.7. The van der Waals surface area contributed by atoms with Crippen molar-refractivity contribution in [3.8, 4) is 5.69 Å². The summed E-state index contributed by atoms with van der Waals surface area (Å²) in [4.78, 5) is 16.4. The molecule has 0 aliphatic heterocycles. The van der Waals surface area contributed by atoms with E-state index in [0.29, 0.717) is 5.75 Å². The van der Waals surface area contributed by atoms with Crippen molar-refractivity contribution in [3.05, 3.63) is 75.8 Å². The quantitative estimate of drug-likeness (QED) is 0.751. The van der Waals surface area contributed by atoms with Crippen molar-refractivity contribution in [2.24, 2.45) is 0 Å². The maximum atomic E-state index is 12.2. The van der Waals surface area contributed by atoms with E-state index in [-0.39, 0.29) is 5.56 Å². The van der Waals surface area contributed by atoms with Gasteiger partial charge in [0.1, 0.15) is 0 Å². The minimum absolute atomic E-state index is 0.0418. The molecule has 0 bridgehead atoms. The Balaban J connectivity index is 1.81. The molecule has 4 nitrogen and oxygen atoms in total. The van der Waals surface area contributed by atoms with Gasteiger partial charge >= 0.3 is 0 Å². The molecule has 0 radical (unpaired) electrons. The second-order valence-electron chi connectivity index (χ2n) is 5.18. The van der Waals surface area contributed by atoms with Crippen molar-refractivity contribution < 1.29 is 0 Å². The number of nitrogens with one attached hydrogen (secondary N) is 1. The van der Waals surface area contributed by atoms with E-state index >= 15 is 0 Å². The van der Waals surface area contributed by atoms with E-state index in [1.807, 2.05) is 43.3 Å². The number of nitrogens with zero attached hydrogens (tertiary/aromatic N) is 2. The fourth-order valence-corrected chi connectivity index (χ4v) is 2.92. The Morgan fingerprint density at radius 2 is 2.00 bits per heavy atom. The fraction of sp³-hybridized carbons (Fsp3) is 0.176. The molecule has 0 spiro atoms. The monoisotopic (exact) mass is 311 g/mol. The highest BCUT2D eigenvalue weighted by Crippen LogP contribution is 2.19. The number of H-pyrrole nitrogens is 1. The molecule has 0 unspecified atom stereocenters. The third-order valence-corrected chi connectivity index (χ3v) is 4.53. The summed E-state index contributed by atoms with van der Waals surface area (Å²) in [6, 6.07) is 13.5. The van der Waals surface area contributed by atoms with Gasteiger partial charge in [-0.15, -0.1) is 11.8 Å². The molecule has 2 heterocycles. The normalized spacial score (nSPS) is 10.8. The molecule has 5 heteroatoms. The number of aromatic nitrogens is 3. The van der Waals surface area contributed by atoms with Crippen LogP contribution in [0.4, 0.5) is 0 Å². The number of rotatable bonds is 4. The van der Waals surface area contributed by atoms with Gasteiger partial charge in [-0.25, -0.2) is 9.67 Å². The van der Waals surface area contributed by atoms with Gasteiger partial charge in [-0.2, -0.15) is 0 Å². The molecule has 3 rings (SSSR count). The topological polar surface area (TPSA) is 50.7 Å². The van der Waals surface area contributed by atoms with Crippen LogP contribution in [0.15, 0.2) is 58.5 Å². The summed E-state index contributed by atoms with van der Waals surface area (Å²) in [6.45, 7) is 4.11. The van der Waals surface area contributed by atoms with Crippen LogP contribution in [0.2, 0.25) is 0 Å². The summed E-state index contributed by atoms with van der Waals surface area (Å²) in [5.74, 6) is 0.685. The van der Waals surface area contributed by atoms with Gasteiger partial charge in [-0.3, -0.25) is 9.89 Å². The van der Waals surface area contributed by atoms with Gasteiger partial charge in [0.15, 0.2) is 0 Å². The second-order valence-corrected chi connectivity index (χ2v) is 6.18. The van der Waals surface area contributed by atoms with Crippen LogP contribution >= 0.6 is 11.8 Å². The largest absolute Gasteiger partial charge is 0.294 e. The predicted octanol–water partition coefficient (Wildman–Crippen LogP) is 3.47. The molecule has 1 aromatic carbocycles. The molecule has 3 aromatic rings. The number of hydrogen-bond donors (Lipinski definition) is 1. The molecule has 0 saturated carbocycles. The Morgan fingerprint density at radius 3 is 2.73 bits per heavy atom. The summed E-state index contributed by atoms with van der Waals surface area (Å²) >= 11 is 1.60. The molecular weight excluding hydrogens is 294 g/mol. The lowest BCUT2D eigenvalue weighted by molar-refractivity contribution is 0.831. The molecule has 0 saturated heterocycles. The summed E-state index contributed by atoms with van der Waals surface area (Å²) in [5, 5.41) is 4.12. The SMILES string of the molecule is Cc1ccc(-n2[nH]c(CSc3ccccn3)cc2=O)cc1C. The molecule has 112 valence electrons. The van der Waals surface area contributed by atoms with Crippen molar-refractivity contribution in [1.82, 2.24) is 14.8 Å². The number of benzene rings is 1. The lowest BCUT2D eigenvalue weighted by atomic mass is 10.1. The van der Waals surface area contributed by atoms with Crippen LogP contribution in [0, 0.1) is 13.8 Å². The van der Waals surface area contributed by atoms with Crippen LogP contribution in [0.1, 0.15) is 16.8 Å². The first-order valence-corrected chi connectivity index (χ1v) is 8.04. The predicted molar refractivity (Wildman–Crippen MR) is 89.7 cm³/mol. The third kappa shape index (κ3) is 3.14. The summed E-state index contributed by atoms with van der Waals surface area (Å²) in [5.41, 5.74) is 4.10. The number of aryl methyl sites for hydroxylation is 2. The van der Waals surface area contributed by atoms with E-state index in [2.05, 4.69) is 17.0 Å². The molecule has 0 amide bonds. The van der Waals surface area contributed by atoms with E-state index in [1.165, 1.54) is 11.1 Å². The zero-order valence-electron chi connectivity index (χ0n) is 12.5. The molecule has 2 aromatic heterocycles. The molecule has 22 heavy (non-hydrogen) atoms. The van der Waals surface area contributed by atoms with Gasteiger partial charge < -0.3 is 0 Å². The average molecular weight is 311 g/mol. The highest BCUT2D eigenvalue weighted by Gasteiger charge is 2.07. The zero-order chi connectivity index (χ0) is 15.5. The summed E-state index contributed by atoms with van der Waals surface area (Å²) in [6.07, 6.45) is 1.77. The Bertz CT molecular complexity index is 837. The Labute approximate surface area is 133 Å². The number of thioether (sulfide) groups is 1. The minimum Gasteiger partial charge on any atom is -0.294 e. The standard InChI is InChI=1S/C17H17N3OS/c1-12-6-7-15(9-13(12)2)20-17(21)10-14(19-20)11-22-16-5-3-4-8-18-16/h3-10,19H,11H2,1-2H3. The van der Waals surface area contributed by atoms with Crippen molar-refractivity contribution in [2.45, 2.75) is 24.6 Å². The maximum Gasteiger partial charge on any atom is 0.271 e. The number of aromatic amines is 1. The molecule has 0 aliphatic rings. The van der Waals surface area contributed by atoms with Crippen LogP contribution in [0.3, 0.4) is 0 Å². The maximum absolute atomic E-state index is 12.2. The first-order chi connectivity index (χ1) is 10.6. The van der Waals surface area contributed by atoms with Crippen LogP contribution in [-0.4, -0.2) is 14.8 Å². The van der Waals surface area contributed by atoms with Crippen molar-refractivity contribution in [1.29, 1.82) is 0 Å². The smallest absolute Gasteiger partial charge is 0.271 e. The van der Waals surface area contributed by atoms with Gasteiger partial charge in [0.2, 0.25) is 0 Å². The molecule has 1 N–H and O–H groups in total. The molecule has 0 aliphatic carbocycles. The van der Waals surface area contributed by atoms with Crippen LogP contribution < -0.4 is 5.56 Å². The van der Waals surface area contributed by atoms with Gasteiger partial charge in [-0.1, -0.05) is 12.1 Å². The first-order valence-electron chi connectivity index (χ1n) is 7.06. The lowest BCUT2D eigenvalue weighted by Crippen LogP contribution is -2.13. The molecular formula is C17H17N3OS. The molecule has 0 atom stereocenters. The summed E-state index contributed by atoms with van der Waals surface area (Å²) in [7, 11) is 0. The van der Waals surface area contributed by atoms with E-state index < -0.39 is 0 Å². The highest BCUT2D eigenvalue weighted by molar-refractivity contribution is 7.98. The van der Waals surface area contributed by atoms with E-state index in [4.69, 9.17) is 0 Å².